The lowest BCUT2D eigenvalue weighted by atomic mass is 10.1. The Labute approximate surface area is 212 Å². The van der Waals surface area contributed by atoms with Crippen LogP contribution in [0.3, 0.4) is 0 Å². The van der Waals surface area contributed by atoms with Gasteiger partial charge in [-0.2, -0.15) is 0 Å². The maximum absolute atomic E-state index is 13.0. The number of nitrogens with zero attached hydrogens (tertiary/aromatic N) is 2. The summed E-state index contributed by atoms with van der Waals surface area (Å²) in [5, 5.41) is 13.6. The number of aromatic nitrogens is 1. The normalized spacial score (nSPS) is 10.6. The van der Waals surface area contributed by atoms with E-state index in [1.807, 2.05) is 24.3 Å². The number of carbonyl (C=O) groups excluding carboxylic acids is 1. The van der Waals surface area contributed by atoms with Crippen LogP contribution in [0.4, 0.5) is 16.2 Å². The Morgan fingerprint density at radius 3 is 2.50 bits per heavy atom. The molecule has 1 aromatic heterocycles. The van der Waals surface area contributed by atoms with Crippen LogP contribution in [0, 0.1) is 6.92 Å². The zero-order valence-electron chi connectivity index (χ0n) is 19.6. The van der Waals surface area contributed by atoms with Gasteiger partial charge in [0.2, 0.25) is 0 Å². The topological polar surface area (TPSA) is 102 Å². The molecule has 0 fully saturated rings. The second-order valence-corrected chi connectivity index (χ2v) is 8.16. The number of aryl methyl sites for hydroxylation is 1. The van der Waals surface area contributed by atoms with Gasteiger partial charge in [-0.15, -0.1) is 0 Å². The van der Waals surface area contributed by atoms with Crippen molar-refractivity contribution in [2.45, 2.75) is 20.5 Å². The van der Waals surface area contributed by atoms with E-state index in [1.165, 1.54) is 17.0 Å². The highest BCUT2D eigenvalue weighted by atomic mass is 35.5. The molecule has 0 atom stereocenters. The monoisotopic (exact) mass is 506 g/mol. The van der Waals surface area contributed by atoms with Gasteiger partial charge in [0.1, 0.15) is 23.7 Å². The van der Waals surface area contributed by atoms with Gasteiger partial charge in [0, 0.05) is 5.56 Å². The summed E-state index contributed by atoms with van der Waals surface area (Å²) in [6, 6.07) is 20.6. The highest BCUT2D eigenvalue weighted by Gasteiger charge is 2.29. The Kier molecular flexibility index (Phi) is 7.56. The van der Waals surface area contributed by atoms with Gasteiger partial charge in [-0.1, -0.05) is 59.2 Å². The third-order valence-corrected chi connectivity index (χ3v) is 5.62. The van der Waals surface area contributed by atoms with E-state index in [1.54, 1.807) is 50.2 Å². The fourth-order valence-corrected chi connectivity index (χ4v) is 3.81. The lowest BCUT2D eigenvalue weighted by Gasteiger charge is -2.23. The van der Waals surface area contributed by atoms with Gasteiger partial charge in [-0.05, 0) is 49.7 Å². The summed E-state index contributed by atoms with van der Waals surface area (Å²) >= 11 is 6.42. The van der Waals surface area contributed by atoms with Crippen molar-refractivity contribution in [3.05, 3.63) is 94.6 Å². The first-order valence-electron chi connectivity index (χ1n) is 11.1. The summed E-state index contributed by atoms with van der Waals surface area (Å²) < 4.78 is 16.7. The van der Waals surface area contributed by atoms with Crippen LogP contribution >= 0.6 is 11.6 Å². The van der Waals surface area contributed by atoms with Gasteiger partial charge in [0.05, 0.1) is 22.9 Å². The molecule has 4 aromatic rings. The van der Waals surface area contributed by atoms with Crippen LogP contribution in [0.25, 0.3) is 11.3 Å². The second kappa shape index (κ2) is 11.0. The fourth-order valence-electron chi connectivity index (χ4n) is 3.59. The van der Waals surface area contributed by atoms with Gasteiger partial charge in [-0.25, -0.2) is 14.5 Å². The minimum Gasteiger partial charge on any atom is -0.489 e. The van der Waals surface area contributed by atoms with Gasteiger partial charge < -0.3 is 19.1 Å². The van der Waals surface area contributed by atoms with Crippen molar-refractivity contribution in [1.29, 1.82) is 0 Å². The number of hydrogen-bond acceptors (Lipinski definition) is 6. The fraction of sp³-hybridized carbons (Fsp3) is 0.148. The maximum Gasteiger partial charge on any atom is 0.419 e. The average molecular weight is 507 g/mol. The van der Waals surface area contributed by atoms with Crippen molar-refractivity contribution >= 4 is 35.0 Å². The number of amides is 1. The van der Waals surface area contributed by atoms with Crippen molar-refractivity contribution < 1.29 is 28.7 Å². The van der Waals surface area contributed by atoms with Crippen molar-refractivity contribution in [3.63, 3.8) is 0 Å². The standard InChI is InChI=1S/C27H23ClN2O6/c1-3-34-27(33)30(23-10-5-4-9-22(23)28)24-17(2)29-36-25(24)19-13-11-18(12-14-19)16-35-21-8-6-7-20(15-21)26(31)32/h4-15H,3,16H2,1-2H3,(H,31,32). The molecular formula is C27H23ClN2O6. The van der Waals surface area contributed by atoms with Crippen LogP contribution in [0.5, 0.6) is 5.75 Å². The summed E-state index contributed by atoms with van der Waals surface area (Å²) in [5.41, 5.74) is 3.05. The largest absolute Gasteiger partial charge is 0.489 e. The van der Waals surface area contributed by atoms with E-state index < -0.39 is 12.1 Å². The highest BCUT2D eigenvalue weighted by molar-refractivity contribution is 6.34. The van der Waals surface area contributed by atoms with Gasteiger partial charge in [0.25, 0.3) is 0 Å². The first kappa shape index (κ1) is 24.8. The summed E-state index contributed by atoms with van der Waals surface area (Å²) in [6.07, 6.45) is -0.605. The van der Waals surface area contributed by atoms with E-state index in [4.69, 9.17) is 30.7 Å². The first-order chi connectivity index (χ1) is 17.4. The number of para-hydroxylation sites is 1. The molecule has 1 N–H and O–H groups in total. The molecule has 36 heavy (non-hydrogen) atoms. The molecule has 0 aliphatic heterocycles. The zero-order valence-corrected chi connectivity index (χ0v) is 20.4. The number of aromatic carboxylic acids is 1. The minimum absolute atomic E-state index is 0.153. The molecule has 0 radical (unpaired) electrons. The van der Waals surface area contributed by atoms with E-state index in [0.717, 1.165) is 5.56 Å². The van der Waals surface area contributed by atoms with Crippen molar-refractivity contribution in [2.75, 3.05) is 11.5 Å². The third kappa shape index (κ3) is 5.34. The molecule has 8 nitrogen and oxygen atoms in total. The molecule has 1 heterocycles. The number of hydrogen-bond donors (Lipinski definition) is 1. The van der Waals surface area contributed by atoms with Gasteiger partial charge in [0.15, 0.2) is 5.76 Å². The second-order valence-electron chi connectivity index (χ2n) is 7.75. The molecule has 1 amide bonds. The molecule has 0 spiro atoms. The molecule has 0 bridgehead atoms. The zero-order chi connectivity index (χ0) is 25.7. The van der Waals surface area contributed by atoms with Gasteiger partial charge >= 0.3 is 12.1 Å². The molecule has 9 heteroatoms. The molecule has 0 aliphatic rings. The van der Waals surface area contributed by atoms with Crippen molar-refractivity contribution in [1.82, 2.24) is 5.16 Å². The molecule has 3 aromatic carbocycles. The predicted octanol–water partition coefficient (Wildman–Crippen LogP) is 6.88. The highest BCUT2D eigenvalue weighted by Crippen LogP contribution is 2.40. The van der Waals surface area contributed by atoms with Crippen molar-refractivity contribution in [2.24, 2.45) is 0 Å². The number of rotatable bonds is 8. The average Bonchev–Trinajstić information content (AvgIpc) is 3.25. The van der Waals surface area contributed by atoms with E-state index in [2.05, 4.69) is 5.16 Å². The number of carbonyl (C=O) groups is 2. The smallest absolute Gasteiger partial charge is 0.419 e. The number of ether oxygens (including phenoxy) is 2. The summed E-state index contributed by atoms with van der Waals surface area (Å²) in [7, 11) is 0. The third-order valence-electron chi connectivity index (χ3n) is 5.30. The number of carboxylic acids is 1. The molecular weight excluding hydrogens is 484 g/mol. The van der Waals surface area contributed by atoms with Crippen LogP contribution in [0.1, 0.15) is 28.5 Å². The van der Waals surface area contributed by atoms with E-state index in [9.17, 15) is 9.59 Å². The number of benzene rings is 3. The Balaban J connectivity index is 1.62. The number of halogens is 1. The van der Waals surface area contributed by atoms with E-state index >= 15 is 0 Å². The van der Waals surface area contributed by atoms with Crippen LogP contribution in [-0.4, -0.2) is 28.9 Å². The van der Waals surface area contributed by atoms with Crippen molar-refractivity contribution in [3.8, 4) is 17.1 Å². The molecule has 0 unspecified atom stereocenters. The lowest BCUT2D eigenvalue weighted by Crippen LogP contribution is -2.27. The Hall–Kier alpha value is -4.30. The van der Waals surface area contributed by atoms with Gasteiger partial charge in [-0.3, -0.25) is 0 Å². The molecule has 0 aliphatic carbocycles. The quantitative estimate of drug-likeness (QED) is 0.278. The SMILES string of the molecule is CCOC(=O)N(c1ccccc1Cl)c1c(C)noc1-c1ccc(COc2cccc(C(=O)O)c2)cc1. The molecule has 0 saturated carbocycles. The first-order valence-corrected chi connectivity index (χ1v) is 11.5. The molecule has 184 valence electrons. The maximum atomic E-state index is 13.0. The Morgan fingerprint density at radius 1 is 1.06 bits per heavy atom. The van der Waals surface area contributed by atoms with E-state index in [-0.39, 0.29) is 18.8 Å². The Morgan fingerprint density at radius 2 is 1.81 bits per heavy atom. The number of carboxylic acid groups (broad SMARTS) is 1. The summed E-state index contributed by atoms with van der Waals surface area (Å²) in [6.45, 7) is 3.88. The Bertz CT molecular complexity index is 1380. The summed E-state index contributed by atoms with van der Waals surface area (Å²) in [4.78, 5) is 25.5. The van der Waals surface area contributed by atoms with Crippen LogP contribution in [0.2, 0.25) is 5.02 Å². The molecule has 4 rings (SSSR count). The lowest BCUT2D eigenvalue weighted by molar-refractivity contribution is 0.0696. The van der Waals surface area contributed by atoms with Crippen LogP contribution in [-0.2, 0) is 11.3 Å². The molecule has 0 saturated heterocycles. The minimum atomic E-state index is -1.02. The predicted molar refractivity (Wildman–Crippen MR) is 135 cm³/mol. The number of anilines is 2. The summed E-state index contributed by atoms with van der Waals surface area (Å²) in [5.74, 6) is -0.185. The van der Waals surface area contributed by atoms with Crippen LogP contribution < -0.4 is 9.64 Å². The van der Waals surface area contributed by atoms with E-state index in [0.29, 0.717) is 39.2 Å². The van der Waals surface area contributed by atoms with Crippen LogP contribution in [0.15, 0.2) is 77.3 Å².